The summed E-state index contributed by atoms with van der Waals surface area (Å²) in [6.07, 6.45) is 6.16. The maximum Gasteiger partial charge on any atom is 0.306 e. The van der Waals surface area contributed by atoms with Crippen LogP contribution in [0, 0.1) is 11.8 Å². The van der Waals surface area contributed by atoms with Gasteiger partial charge >= 0.3 is 5.97 Å². The summed E-state index contributed by atoms with van der Waals surface area (Å²) in [5.74, 6) is -1.67. The highest BCUT2D eigenvalue weighted by molar-refractivity contribution is 5.98. The Kier molecular flexibility index (Phi) is 13.6. The van der Waals surface area contributed by atoms with Crippen LogP contribution >= 0.6 is 0 Å². The number of anilines is 1. The SMILES string of the molecule is CCC(NC(=O)CNC(=O)CN)C(=O)Nc1cc(CC(C)C(=O)O)ccc1OCCCCC1CCNCC1. The van der Waals surface area contributed by atoms with Gasteiger partial charge in [0.1, 0.15) is 11.8 Å². The van der Waals surface area contributed by atoms with E-state index in [-0.39, 0.29) is 13.1 Å². The first-order valence-electron chi connectivity index (χ1n) is 13.5. The number of unbranched alkanes of at least 4 members (excludes halogenated alkanes) is 1. The Morgan fingerprint density at radius 3 is 2.55 bits per heavy atom. The van der Waals surface area contributed by atoms with Crippen LogP contribution in [0.15, 0.2) is 18.2 Å². The maximum absolute atomic E-state index is 13.0. The average molecular weight is 534 g/mol. The standard InChI is InChI=1S/C27H43N5O6/c1-3-21(31-25(34)17-30-24(33)16-28)26(35)32-22-15-20(14-18(2)27(36)37)7-8-23(22)38-13-5-4-6-19-9-11-29-12-10-19/h7-8,15,18-19,21,29H,3-6,9-14,16-17,28H2,1-2H3,(H,30,33)(H,31,34)(H,32,35)(H,36,37). The lowest BCUT2D eigenvalue weighted by atomic mass is 9.93. The number of nitrogens with two attached hydrogens (primary N) is 1. The molecule has 1 heterocycles. The number of aliphatic carboxylic acids is 1. The molecule has 1 saturated heterocycles. The third-order valence-corrected chi connectivity index (χ3v) is 6.68. The van der Waals surface area contributed by atoms with E-state index in [0.717, 1.165) is 37.4 Å². The summed E-state index contributed by atoms with van der Waals surface area (Å²) in [7, 11) is 0. The Morgan fingerprint density at radius 2 is 1.89 bits per heavy atom. The van der Waals surface area contributed by atoms with Gasteiger partial charge in [0.15, 0.2) is 0 Å². The second-order valence-electron chi connectivity index (χ2n) is 9.81. The summed E-state index contributed by atoms with van der Waals surface area (Å²) in [5.41, 5.74) is 6.39. The average Bonchev–Trinajstić information content (AvgIpc) is 2.91. The van der Waals surface area contributed by atoms with Crippen molar-refractivity contribution in [2.75, 3.05) is 38.1 Å². The first-order chi connectivity index (χ1) is 18.2. The third kappa shape index (κ3) is 11.1. The summed E-state index contributed by atoms with van der Waals surface area (Å²) in [4.78, 5) is 47.8. The molecule has 2 unspecified atom stereocenters. The topological polar surface area (TPSA) is 172 Å². The Hall–Kier alpha value is -3.18. The summed E-state index contributed by atoms with van der Waals surface area (Å²) in [6, 6.07) is 4.43. The zero-order valence-electron chi connectivity index (χ0n) is 22.5. The van der Waals surface area contributed by atoms with Crippen LogP contribution in [0.4, 0.5) is 5.69 Å². The summed E-state index contributed by atoms with van der Waals surface area (Å²) in [6.45, 7) is 5.52. The molecule has 11 nitrogen and oxygen atoms in total. The van der Waals surface area contributed by atoms with Gasteiger partial charge in [-0.15, -0.1) is 0 Å². The van der Waals surface area contributed by atoms with Crippen molar-refractivity contribution in [3.63, 3.8) is 0 Å². The van der Waals surface area contributed by atoms with E-state index in [9.17, 15) is 24.3 Å². The predicted octanol–water partition coefficient (Wildman–Crippen LogP) is 1.41. The highest BCUT2D eigenvalue weighted by atomic mass is 16.5. The predicted molar refractivity (Wildman–Crippen MR) is 145 cm³/mol. The normalized spacial score (nSPS) is 15.2. The highest BCUT2D eigenvalue weighted by Crippen LogP contribution is 2.28. The number of hydrogen-bond acceptors (Lipinski definition) is 7. The van der Waals surface area contributed by atoms with Crippen molar-refractivity contribution in [3.05, 3.63) is 23.8 Å². The summed E-state index contributed by atoms with van der Waals surface area (Å²) >= 11 is 0. The molecule has 0 aromatic heterocycles. The molecular weight excluding hydrogens is 490 g/mol. The molecule has 1 aromatic carbocycles. The van der Waals surface area contributed by atoms with E-state index in [1.54, 1.807) is 32.0 Å². The van der Waals surface area contributed by atoms with E-state index in [1.165, 1.54) is 19.3 Å². The number of carbonyl (C=O) groups is 4. The van der Waals surface area contributed by atoms with Gasteiger partial charge in [-0.1, -0.05) is 26.3 Å². The molecule has 2 atom stereocenters. The number of carboxylic acids is 1. The highest BCUT2D eigenvalue weighted by Gasteiger charge is 2.21. The Balaban J connectivity index is 2.02. The van der Waals surface area contributed by atoms with E-state index in [4.69, 9.17) is 10.5 Å². The van der Waals surface area contributed by atoms with Crippen molar-refractivity contribution in [2.24, 2.45) is 17.6 Å². The van der Waals surface area contributed by atoms with Gasteiger partial charge in [0.25, 0.3) is 0 Å². The summed E-state index contributed by atoms with van der Waals surface area (Å²) < 4.78 is 6.02. The lowest BCUT2D eigenvalue weighted by Crippen LogP contribution is -2.47. The number of rotatable bonds is 16. The van der Waals surface area contributed by atoms with Crippen molar-refractivity contribution < 1.29 is 29.0 Å². The number of carbonyl (C=O) groups excluding carboxylic acids is 3. The molecule has 0 aliphatic carbocycles. The number of hydrogen-bond donors (Lipinski definition) is 6. The van der Waals surface area contributed by atoms with Crippen LogP contribution < -0.4 is 31.7 Å². The Bertz CT molecular complexity index is 935. The molecule has 1 fully saturated rings. The monoisotopic (exact) mass is 533 g/mol. The van der Waals surface area contributed by atoms with E-state index >= 15 is 0 Å². The molecule has 38 heavy (non-hydrogen) atoms. The van der Waals surface area contributed by atoms with Crippen molar-refractivity contribution in [1.82, 2.24) is 16.0 Å². The molecule has 0 bridgehead atoms. The smallest absolute Gasteiger partial charge is 0.306 e. The van der Waals surface area contributed by atoms with Crippen LogP contribution in [0.3, 0.4) is 0 Å². The van der Waals surface area contributed by atoms with Gasteiger partial charge in [-0.3, -0.25) is 19.2 Å². The molecule has 0 saturated carbocycles. The minimum atomic E-state index is -0.903. The molecular formula is C27H43N5O6. The fraction of sp³-hybridized carbons (Fsp3) is 0.630. The van der Waals surface area contributed by atoms with Crippen LogP contribution in [-0.2, 0) is 25.6 Å². The van der Waals surface area contributed by atoms with Crippen molar-refractivity contribution in [3.8, 4) is 5.75 Å². The number of piperidine rings is 1. The van der Waals surface area contributed by atoms with E-state index in [1.807, 2.05) is 0 Å². The van der Waals surface area contributed by atoms with Gasteiger partial charge in [-0.05, 0) is 75.2 Å². The zero-order chi connectivity index (χ0) is 27.9. The van der Waals surface area contributed by atoms with Gasteiger partial charge in [-0.25, -0.2) is 0 Å². The van der Waals surface area contributed by atoms with Crippen molar-refractivity contribution in [2.45, 2.75) is 64.8 Å². The molecule has 3 amide bonds. The van der Waals surface area contributed by atoms with E-state index in [0.29, 0.717) is 30.9 Å². The quantitative estimate of drug-likeness (QED) is 0.173. The first-order valence-corrected chi connectivity index (χ1v) is 13.5. The van der Waals surface area contributed by atoms with Crippen LogP contribution in [0.25, 0.3) is 0 Å². The largest absolute Gasteiger partial charge is 0.491 e. The number of amides is 3. The van der Waals surface area contributed by atoms with Crippen LogP contribution in [-0.4, -0.2) is 67.6 Å². The first kappa shape index (κ1) is 31.0. The minimum Gasteiger partial charge on any atom is -0.491 e. The lowest BCUT2D eigenvalue weighted by Gasteiger charge is -2.22. The molecule has 11 heteroatoms. The van der Waals surface area contributed by atoms with Gasteiger partial charge in [0.2, 0.25) is 17.7 Å². The molecule has 2 rings (SSSR count). The van der Waals surface area contributed by atoms with Crippen LogP contribution in [0.1, 0.15) is 57.9 Å². The summed E-state index contributed by atoms with van der Waals surface area (Å²) in [5, 5.41) is 20.5. The van der Waals surface area contributed by atoms with Gasteiger partial charge < -0.3 is 36.8 Å². The number of nitrogens with one attached hydrogen (secondary N) is 4. The van der Waals surface area contributed by atoms with E-state index < -0.39 is 35.7 Å². The van der Waals surface area contributed by atoms with Gasteiger partial charge in [0, 0.05) is 0 Å². The van der Waals surface area contributed by atoms with Crippen molar-refractivity contribution >= 4 is 29.4 Å². The Labute approximate surface area is 224 Å². The molecule has 1 aromatic rings. The Morgan fingerprint density at radius 1 is 1.16 bits per heavy atom. The van der Waals surface area contributed by atoms with E-state index in [2.05, 4.69) is 21.3 Å². The van der Waals surface area contributed by atoms with Crippen LogP contribution in [0.5, 0.6) is 5.75 Å². The second-order valence-corrected chi connectivity index (χ2v) is 9.81. The van der Waals surface area contributed by atoms with Gasteiger partial charge in [-0.2, -0.15) is 0 Å². The van der Waals surface area contributed by atoms with Gasteiger partial charge in [0.05, 0.1) is 31.3 Å². The lowest BCUT2D eigenvalue weighted by molar-refractivity contribution is -0.141. The second kappa shape index (κ2) is 16.6. The third-order valence-electron chi connectivity index (χ3n) is 6.68. The minimum absolute atomic E-state index is 0.233. The number of ether oxygens (including phenoxy) is 1. The molecule has 1 aliphatic heterocycles. The van der Waals surface area contributed by atoms with Crippen molar-refractivity contribution in [1.29, 1.82) is 0 Å². The number of benzene rings is 1. The molecule has 1 aliphatic rings. The molecule has 0 spiro atoms. The maximum atomic E-state index is 13.0. The molecule has 7 N–H and O–H groups in total. The molecule has 0 radical (unpaired) electrons. The fourth-order valence-corrected chi connectivity index (χ4v) is 4.33. The fourth-order valence-electron chi connectivity index (χ4n) is 4.33. The van der Waals surface area contributed by atoms with Crippen LogP contribution in [0.2, 0.25) is 0 Å². The zero-order valence-corrected chi connectivity index (χ0v) is 22.5. The molecule has 212 valence electrons. The number of carboxylic acid groups (broad SMARTS) is 1.